The smallest absolute Gasteiger partial charge is 0.408 e. The normalized spacial score (nSPS) is 14.1. The van der Waals surface area contributed by atoms with E-state index in [-0.39, 0.29) is 18.6 Å². The number of aliphatic carboxylic acids is 1. The van der Waals surface area contributed by atoms with Crippen molar-refractivity contribution in [2.24, 2.45) is 11.3 Å². The van der Waals surface area contributed by atoms with Crippen LogP contribution in [-0.4, -0.2) is 34.6 Å². The number of carbonyl (C=O) groups excluding carboxylic acids is 2. The lowest BCUT2D eigenvalue weighted by atomic mass is 9.81. The molecule has 1 aromatic carbocycles. The number of carboxylic acid groups (broad SMARTS) is 1. The molecule has 0 spiro atoms. The number of ether oxygens (including phenoxy) is 1. The summed E-state index contributed by atoms with van der Waals surface area (Å²) < 4.78 is 5.24. The van der Waals surface area contributed by atoms with Crippen LogP contribution in [0.3, 0.4) is 0 Å². The Morgan fingerprint density at radius 1 is 1.04 bits per heavy atom. The maximum absolute atomic E-state index is 12.9. The number of carbonyl (C=O) groups is 3. The van der Waals surface area contributed by atoms with Crippen LogP contribution in [0.4, 0.5) is 4.79 Å². The van der Waals surface area contributed by atoms with Gasteiger partial charge in [-0.3, -0.25) is 9.59 Å². The summed E-state index contributed by atoms with van der Waals surface area (Å²) in [5, 5.41) is 12.2. The van der Waals surface area contributed by atoms with Crippen LogP contribution < -0.4 is 5.32 Å². The summed E-state index contributed by atoms with van der Waals surface area (Å²) in [6.07, 6.45) is -0.599. The Labute approximate surface area is 161 Å². The topological polar surface area (TPSA) is 92.7 Å². The minimum Gasteiger partial charge on any atom is -0.481 e. The molecule has 0 aliphatic heterocycles. The number of Topliss-reactive ketones (excluding diaryl/α,β-unsaturated/α-hetero) is 1. The van der Waals surface area contributed by atoms with Crippen LogP contribution >= 0.6 is 0 Å². The molecule has 1 amide bonds. The van der Waals surface area contributed by atoms with Crippen molar-refractivity contribution in [1.29, 1.82) is 0 Å². The van der Waals surface area contributed by atoms with E-state index in [2.05, 4.69) is 5.32 Å². The molecule has 1 aromatic rings. The molecule has 0 aromatic heterocycles. The second-order valence-electron chi connectivity index (χ2n) is 8.84. The van der Waals surface area contributed by atoms with Gasteiger partial charge in [0.25, 0.3) is 0 Å². The average molecular weight is 377 g/mol. The number of amides is 1. The molecule has 0 bridgehead atoms. The van der Waals surface area contributed by atoms with Crippen LogP contribution in [0.15, 0.2) is 30.3 Å². The summed E-state index contributed by atoms with van der Waals surface area (Å²) in [6.45, 7) is 10.7. The van der Waals surface area contributed by atoms with Gasteiger partial charge in [-0.15, -0.1) is 0 Å². The zero-order valence-electron chi connectivity index (χ0n) is 17.0. The van der Waals surface area contributed by atoms with Gasteiger partial charge in [-0.2, -0.15) is 0 Å². The Balaban J connectivity index is 2.90. The Hall–Kier alpha value is -2.37. The van der Waals surface area contributed by atoms with E-state index in [0.717, 1.165) is 5.56 Å². The summed E-state index contributed by atoms with van der Waals surface area (Å²) in [5.74, 6) is -2.21. The van der Waals surface area contributed by atoms with Crippen molar-refractivity contribution in [3.63, 3.8) is 0 Å². The van der Waals surface area contributed by atoms with E-state index >= 15 is 0 Å². The lowest BCUT2D eigenvalue weighted by molar-refractivity contribution is -0.144. The molecule has 0 saturated carbocycles. The Morgan fingerprint density at radius 3 is 2.04 bits per heavy atom. The average Bonchev–Trinajstić information content (AvgIpc) is 2.50. The van der Waals surface area contributed by atoms with Crippen LogP contribution in [-0.2, 0) is 20.7 Å². The molecule has 0 saturated heterocycles. The Bertz CT molecular complexity index is 655. The highest BCUT2D eigenvalue weighted by Gasteiger charge is 2.36. The van der Waals surface area contributed by atoms with Crippen molar-refractivity contribution in [2.75, 3.05) is 0 Å². The number of nitrogens with one attached hydrogen (secondary N) is 1. The molecule has 0 fully saturated rings. The third-order valence-corrected chi connectivity index (χ3v) is 3.97. The molecule has 2 atom stereocenters. The van der Waals surface area contributed by atoms with Crippen molar-refractivity contribution >= 4 is 17.8 Å². The molecule has 0 unspecified atom stereocenters. The molecular weight excluding hydrogens is 346 g/mol. The molecular formula is C21H31NO5. The van der Waals surface area contributed by atoms with Gasteiger partial charge in [-0.05, 0) is 38.2 Å². The first kappa shape index (κ1) is 22.7. The van der Waals surface area contributed by atoms with Crippen molar-refractivity contribution < 1.29 is 24.2 Å². The molecule has 27 heavy (non-hydrogen) atoms. The summed E-state index contributed by atoms with van der Waals surface area (Å²) >= 11 is 0. The summed E-state index contributed by atoms with van der Waals surface area (Å²) in [6, 6.07) is 8.34. The molecule has 0 heterocycles. The summed E-state index contributed by atoms with van der Waals surface area (Å²) in [5.41, 5.74) is -0.416. The SMILES string of the molecule is CC(C)(C)OC(=O)N[C@H](C(=O)C[C@H](Cc1ccccc1)C(=O)O)C(C)(C)C. The highest BCUT2D eigenvalue weighted by Crippen LogP contribution is 2.24. The van der Waals surface area contributed by atoms with E-state index in [4.69, 9.17) is 4.74 Å². The molecule has 0 aliphatic rings. The van der Waals surface area contributed by atoms with E-state index in [0.29, 0.717) is 0 Å². The minimum atomic E-state index is -1.03. The van der Waals surface area contributed by atoms with Gasteiger partial charge in [-0.25, -0.2) is 4.79 Å². The molecule has 6 nitrogen and oxygen atoms in total. The number of hydrogen-bond donors (Lipinski definition) is 2. The number of ketones is 1. The standard InChI is InChI=1S/C21H31NO5/c1-20(2,3)17(22-19(26)27-21(4,5)6)16(23)13-15(18(24)25)12-14-10-8-7-9-11-14/h7-11,15,17H,12-13H2,1-6H3,(H,22,26)(H,24,25)/t15-,17+/m0/s1. The van der Waals surface area contributed by atoms with Gasteiger partial charge < -0.3 is 15.2 Å². The van der Waals surface area contributed by atoms with Crippen LogP contribution in [0.1, 0.15) is 53.5 Å². The Morgan fingerprint density at radius 2 is 1.59 bits per heavy atom. The lowest BCUT2D eigenvalue weighted by Gasteiger charge is -2.32. The third-order valence-electron chi connectivity index (χ3n) is 3.97. The van der Waals surface area contributed by atoms with Crippen molar-refractivity contribution in [2.45, 2.75) is 66.0 Å². The van der Waals surface area contributed by atoms with E-state index in [1.54, 1.807) is 20.8 Å². The van der Waals surface area contributed by atoms with Crippen LogP contribution in [0, 0.1) is 11.3 Å². The van der Waals surface area contributed by atoms with Gasteiger partial charge in [0.05, 0.1) is 12.0 Å². The lowest BCUT2D eigenvalue weighted by Crippen LogP contribution is -2.51. The van der Waals surface area contributed by atoms with Gasteiger partial charge in [0.15, 0.2) is 5.78 Å². The number of carboxylic acids is 1. The summed E-state index contributed by atoms with van der Waals surface area (Å²) in [4.78, 5) is 36.6. The predicted octanol–water partition coefficient (Wildman–Crippen LogP) is 3.83. The predicted molar refractivity (Wildman–Crippen MR) is 104 cm³/mol. The molecule has 0 radical (unpaired) electrons. The van der Waals surface area contributed by atoms with Gasteiger partial charge in [0.1, 0.15) is 5.60 Å². The molecule has 6 heteroatoms. The number of hydrogen-bond acceptors (Lipinski definition) is 4. The van der Waals surface area contributed by atoms with Crippen molar-refractivity contribution in [1.82, 2.24) is 5.32 Å². The second-order valence-corrected chi connectivity index (χ2v) is 8.84. The highest BCUT2D eigenvalue weighted by atomic mass is 16.6. The largest absolute Gasteiger partial charge is 0.481 e. The third kappa shape index (κ3) is 8.24. The van der Waals surface area contributed by atoms with Crippen molar-refractivity contribution in [3.8, 4) is 0 Å². The number of benzene rings is 1. The highest BCUT2D eigenvalue weighted by molar-refractivity contribution is 5.91. The maximum atomic E-state index is 12.9. The second kappa shape index (κ2) is 9.02. The van der Waals surface area contributed by atoms with E-state index in [9.17, 15) is 19.5 Å². The summed E-state index contributed by atoms with van der Waals surface area (Å²) in [7, 11) is 0. The van der Waals surface area contributed by atoms with Crippen LogP contribution in [0.5, 0.6) is 0 Å². The maximum Gasteiger partial charge on any atom is 0.408 e. The quantitative estimate of drug-likeness (QED) is 0.753. The van der Waals surface area contributed by atoms with E-state index in [1.807, 2.05) is 51.1 Å². The fraction of sp³-hybridized carbons (Fsp3) is 0.571. The first-order chi connectivity index (χ1) is 12.3. The number of alkyl carbamates (subject to hydrolysis) is 1. The zero-order chi connectivity index (χ0) is 20.8. The number of rotatable bonds is 7. The van der Waals surface area contributed by atoms with Gasteiger partial charge in [-0.1, -0.05) is 51.1 Å². The van der Waals surface area contributed by atoms with Crippen LogP contribution in [0.25, 0.3) is 0 Å². The van der Waals surface area contributed by atoms with Crippen LogP contribution in [0.2, 0.25) is 0 Å². The van der Waals surface area contributed by atoms with Crippen molar-refractivity contribution in [3.05, 3.63) is 35.9 Å². The molecule has 1 rings (SSSR count). The molecule has 150 valence electrons. The fourth-order valence-corrected chi connectivity index (χ4v) is 2.71. The van der Waals surface area contributed by atoms with Gasteiger partial charge >= 0.3 is 12.1 Å². The zero-order valence-corrected chi connectivity index (χ0v) is 17.0. The van der Waals surface area contributed by atoms with Gasteiger partial charge in [0.2, 0.25) is 0 Å². The fourth-order valence-electron chi connectivity index (χ4n) is 2.71. The first-order valence-electron chi connectivity index (χ1n) is 9.08. The molecule has 2 N–H and O–H groups in total. The first-order valence-corrected chi connectivity index (χ1v) is 9.08. The van der Waals surface area contributed by atoms with Gasteiger partial charge in [0, 0.05) is 6.42 Å². The monoisotopic (exact) mass is 377 g/mol. The molecule has 0 aliphatic carbocycles. The van der Waals surface area contributed by atoms with E-state index < -0.39 is 35.0 Å². The Kier molecular flexibility index (Phi) is 7.57. The minimum absolute atomic E-state index is 0.165. The van der Waals surface area contributed by atoms with E-state index in [1.165, 1.54) is 0 Å².